The Bertz CT molecular complexity index is 528. The fourth-order valence-corrected chi connectivity index (χ4v) is 3.51. The van der Waals surface area contributed by atoms with Gasteiger partial charge in [-0.2, -0.15) is 0 Å². The Morgan fingerprint density at radius 1 is 1.05 bits per heavy atom. The molecule has 1 aromatic carbocycles. The molecular weight excluding hydrogens is 290 g/mol. The van der Waals surface area contributed by atoms with E-state index in [1.54, 1.807) is 18.2 Å². The number of hydrogen-bond acceptors (Lipinski definition) is 4. The second-order valence-corrected chi connectivity index (χ2v) is 6.93. The Morgan fingerprint density at radius 3 is 2.19 bits per heavy atom. The molecule has 0 saturated heterocycles. The van der Waals surface area contributed by atoms with Gasteiger partial charge in [-0.25, -0.2) is 8.42 Å². The fourth-order valence-electron chi connectivity index (χ4n) is 2.12. The van der Waals surface area contributed by atoms with E-state index in [1.165, 1.54) is 12.1 Å². The summed E-state index contributed by atoms with van der Waals surface area (Å²) in [6.07, 6.45) is 5.72. The van der Waals surface area contributed by atoms with Crippen LogP contribution in [0.4, 0.5) is 0 Å². The Labute approximate surface area is 126 Å². The Kier molecular flexibility index (Phi) is 7.36. The third-order valence-electron chi connectivity index (χ3n) is 3.31. The average molecular weight is 312 g/mol. The molecule has 117 valence electrons. The number of benzene rings is 1. The van der Waals surface area contributed by atoms with E-state index in [9.17, 15) is 18.5 Å². The quantitative estimate of drug-likeness (QED) is 0.372. The zero-order valence-corrected chi connectivity index (χ0v) is 13.1. The van der Waals surface area contributed by atoms with Crippen molar-refractivity contribution in [3.05, 3.63) is 45.8 Å². The van der Waals surface area contributed by atoms with Crippen molar-refractivity contribution in [2.24, 2.45) is 0 Å². The average Bonchev–Trinajstić information content (AvgIpc) is 2.46. The van der Waals surface area contributed by atoms with Gasteiger partial charge in [-0.05, 0) is 18.6 Å². The summed E-state index contributed by atoms with van der Waals surface area (Å²) in [5.74, 6) is 0. The summed E-state index contributed by atoms with van der Waals surface area (Å²) in [7, 11) is -3.98. The highest BCUT2D eigenvalue weighted by Gasteiger charge is 2.40. The molecule has 0 aliphatic rings. The summed E-state index contributed by atoms with van der Waals surface area (Å²) in [5.41, 5.74) is 0. The second-order valence-electron chi connectivity index (χ2n) is 4.99. The molecular formula is C15H22NO4S. The number of rotatable bonds is 10. The zero-order chi connectivity index (χ0) is 15.7. The molecule has 0 atom stereocenters. The van der Waals surface area contributed by atoms with Gasteiger partial charge in [0.05, 0.1) is 9.82 Å². The minimum Gasteiger partial charge on any atom is -0.263 e. The molecule has 1 rings (SSSR count). The minimum absolute atomic E-state index is 0.00362. The van der Waals surface area contributed by atoms with E-state index in [0.29, 0.717) is 6.42 Å². The van der Waals surface area contributed by atoms with Crippen molar-refractivity contribution in [2.45, 2.75) is 56.8 Å². The summed E-state index contributed by atoms with van der Waals surface area (Å²) >= 11 is 0. The van der Waals surface area contributed by atoms with Crippen molar-refractivity contribution < 1.29 is 13.3 Å². The lowest BCUT2D eigenvalue weighted by Crippen LogP contribution is -2.21. The van der Waals surface area contributed by atoms with Crippen molar-refractivity contribution in [2.75, 3.05) is 0 Å². The monoisotopic (exact) mass is 312 g/mol. The highest BCUT2D eigenvalue weighted by Crippen LogP contribution is 2.26. The third kappa shape index (κ3) is 5.46. The van der Waals surface area contributed by atoms with Crippen LogP contribution < -0.4 is 0 Å². The molecule has 1 radical (unpaired) electrons. The number of nitro groups is 1. The van der Waals surface area contributed by atoms with Crippen LogP contribution in [0.3, 0.4) is 0 Å². The lowest BCUT2D eigenvalue weighted by atomic mass is 10.1. The zero-order valence-electron chi connectivity index (χ0n) is 12.3. The molecule has 0 N–H and O–H groups in total. The van der Waals surface area contributed by atoms with Gasteiger partial charge >= 0.3 is 5.37 Å². The topological polar surface area (TPSA) is 77.3 Å². The van der Waals surface area contributed by atoms with Gasteiger partial charge in [-0.15, -0.1) is 0 Å². The number of hydrogen-bond donors (Lipinski definition) is 0. The van der Waals surface area contributed by atoms with Crippen molar-refractivity contribution >= 4 is 9.84 Å². The van der Waals surface area contributed by atoms with E-state index in [1.807, 2.05) is 0 Å². The molecule has 0 aliphatic carbocycles. The van der Waals surface area contributed by atoms with Crippen LogP contribution >= 0.6 is 0 Å². The van der Waals surface area contributed by atoms with E-state index in [0.717, 1.165) is 32.1 Å². The van der Waals surface area contributed by atoms with Gasteiger partial charge in [0.1, 0.15) is 0 Å². The van der Waals surface area contributed by atoms with Gasteiger partial charge in [-0.1, -0.05) is 57.2 Å². The SMILES string of the molecule is CCCCCCCC[C]([N+](=O)[O-])S(=O)(=O)c1ccccc1. The largest absolute Gasteiger partial charge is 0.405 e. The molecule has 0 aromatic heterocycles. The number of nitrogens with zero attached hydrogens (tertiary/aromatic N) is 1. The maximum Gasteiger partial charge on any atom is 0.405 e. The van der Waals surface area contributed by atoms with Crippen molar-refractivity contribution in [1.29, 1.82) is 0 Å². The minimum atomic E-state index is -3.98. The third-order valence-corrected chi connectivity index (χ3v) is 5.18. The normalized spacial score (nSPS) is 11.7. The molecule has 0 heterocycles. The maximum atomic E-state index is 12.3. The van der Waals surface area contributed by atoms with Crippen LogP contribution in [0.1, 0.15) is 51.9 Å². The van der Waals surface area contributed by atoms with Gasteiger partial charge in [0.15, 0.2) is 0 Å². The van der Waals surface area contributed by atoms with E-state index in [-0.39, 0.29) is 11.3 Å². The second kappa shape index (κ2) is 8.77. The molecule has 21 heavy (non-hydrogen) atoms. The summed E-state index contributed by atoms with van der Waals surface area (Å²) < 4.78 is 24.5. The molecule has 0 bridgehead atoms. The standard InChI is InChI=1S/C15H22NO4S/c1-2-3-4-5-6-10-13-15(16(17)18)21(19,20)14-11-8-7-9-12-14/h7-9,11-12H,2-6,10,13H2,1H3. The predicted octanol–water partition coefficient (Wildman–Crippen LogP) is 3.98. The molecule has 0 amide bonds. The van der Waals surface area contributed by atoms with Gasteiger partial charge < -0.3 is 0 Å². The van der Waals surface area contributed by atoms with Crippen molar-refractivity contribution in [1.82, 2.24) is 0 Å². The lowest BCUT2D eigenvalue weighted by Gasteiger charge is -2.08. The summed E-state index contributed by atoms with van der Waals surface area (Å²) in [6.45, 7) is 2.12. The van der Waals surface area contributed by atoms with E-state index in [2.05, 4.69) is 6.92 Å². The van der Waals surface area contributed by atoms with Gasteiger partial charge in [0, 0.05) is 6.42 Å². The molecule has 0 fully saturated rings. The molecule has 0 spiro atoms. The van der Waals surface area contributed by atoms with Crippen LogP contribution in [-0.4, -0.2) is 13.3 Å². The number of sulfone groups is 1. The van der Waals surface area contributed by atoms with Crippen LogP contribution in [0.2, 0.25) is 0 Å². The van der Waals surface area contributed by atoms with Gasteiger partial charge in [0.2, 0.25) is 0 Å². The Hall–Kier alpha value is -1.43. The molecule has 0 aliphatic heterocycles. The first kappa shape index (κ1) is 17.6. The van der Waals surface area contributed by atoms with Crippen LogP contribution in [0.25, 0.3) is 0 Å². The first-order chi connectivity index (χ1) is 10.00. The summed E-state index contributed by atoms with van der Waals surface area (Å²) in [6, 6.07) is 7.59. The smallest absolute Gasteiger partial charge is 0.263 e. The molecule has 0 unspecified atom stereocenters. The van der Waals surface area contributed by atoms with E-state index in [4.69, 9.17) is 0 Å². The Morgan fingerprint density at radius 2 is 1.62 bits per heavy atom. The molecule has 5 nitrogen and oxygen atoms in total. The molecule has 1 aromatic rings. The summed E-state index contributed by atoms with van der Waals surface area (Å²) in [4.78, 5) is 10.3. The van der Waals surface area contributed by atoms with E-state index < -0.39 is 20.1 Å². The van der Waals surface area contributed by atoms with Crippen LogP contribution in [0.15, 0.2) is 35.2 Å². The van der Waals surface area contributed by atoms with Crippen molar-refractivity contribution in [3.63, 3.8) is 0 Å². The van der Waals surface area contributed by atoms with Gasteiger partial charge in [-0.3, -0.25) is 10.1 Å². The van der Waals surface area contributed by atoms with Crippen LogP contribution in [-0.2, 0) is 9.84 Å². The van der Waals surface area contributed by atoms with E-state index >= 15 is 0 Å². The first-order valence-corrected chi connectivity index (χ1v) is 8.78. The van der Waals surface area contributed by atoms with Crippen molar-refractivity contribution in [3.8, 4) is 0 Å². The fraction of sp³-hybridized carbons (Fsp3) is 0.533. The lowest BCUT2D eigenvalue weighted by molar-refractivity contribution is -0.449. The van der Waals surface area contributed by atoms with Crippen LogP contribution in [0.5, 0.6) is 0 Å². The van der Waals surface area contributed by atoms with Gasteiger partial charge in [0.25, 0.3) is 9.84 Å². The molecule has 0 saturated carbocycles. The number of unbranched alkanes of at least 4 members (excludes halogenated alkanes) is 5. The highest BCUT2D eigenvalue weighted by atomic mass is 32.2. The first-order valence-electron chi connectivity index (χ1n) is 7.30. The highest BCUT2D eigenvalue weighted by molar-refractivity contribution is 7.94. The van der Waals surface area contributed by atoms with Crippen LogP contribution in [0, 0.1) is 15.5 Å². The molecule has 6 heteroatoms. The maximum absolute atomic E-state index is 12.3. The summed E-state index contributed by atoms with van der Waals surface area (Å²) in [5, 5.41) is 10.5. The Balaban J connectivity index is 2.63. The predicted molar refractivity (Wildman–Crippen MR) is 81.9 cm³/mol.